The number of carbonyl (C=O) groups is 1. The molecule has 122 valence electrons. The average molecular weight is 360 g/mol. The number of nitrogens with one attached hydrogen (secondary N) is 2. The van der Waals surface area contributed by atoms with Crippen molar-refractivity contribution in [2.24, 2.45) is 0 Å². The lowest BCUT2D eigenvalue weighted by Gasteiger charge is -2.02. The van der Waals surface area contributed by atoms with E-state index in [0.29, 0.717) is 22.3 Å². The molecule has 0 atom stereocenters. The number of aromatic nitrogens is 4. The van der Waals surface area contributed by atoms with E-state index in [1.165, 1.54) is 11.8 Å². The zero-order valence-corrected chi connectivity index (χ0v) is 14.1. The van der Waals surface area contributed by atoms with Crippen LogP contribution in [0.4, 0.5) is 5.95 Å². The first kappa shape index (κ1) is 16.5. The van der Waals surface area contributed by atoms with E-state index in [2.05, 4.69) is 25.5 Å². The molecule has 0 fully saturated rings. The van der Waals surface area contributed by atoms with Gasteiger partial charge in [0, 0.05) is 17.0 Å². The van der Waals surface area contributed by atoms with Crippen molar-refractivity contribution in [1.29, 1.82) is 0 Å². The first-order valence-corrected chi connectivity index (χ1v) is 8.70. The summed E-state index contributed by atoms with van der Waals surface area (Å²) in [5.74, 6) is 1.65. The Morgan fingerprint density at radius 2 is 2.04 bits per heavy atom. The maximum atomic E-state index is 11.9. The second-order valence-corrected chi connectivity index (χ2v) is 6.31. The van der Waals surface area contributed by atoms with Crippen LogP contribution in [0.15, 0.2) is 48.7 Å². The topological polar surface area (TPSA) is 83.6 Å². The zero-order valence-electron chi connectivity index (χ0n) is 12.6. The van der Waals surface area contributed by atoms with Crippen molar-refractivity contribution >= 4 is 35.2 Å². The van der Waals surface area contributed by atoms with E-state index in [1.807, 2.05) is 42.5 Å². The number of pyridine rings is 1. The maximum Gasteiger partial charge on any atom is 0.249 e. The highest BCUT2D eigenvalue weighted by Crippen LogP contribution is 2.16. The lowest BCUT2D eigenvalue weighted by Crippen LogP contribution is -2.15. The molecule has 2 N–H and O–H groups in total. The van der Waals surface area contributed by atoms with Gasteiger partial charge in [0.2, 0.25) is 11.9 Å². The minimum Gasteiger partial charge on any atom is -0.292 e. The molecular weight excluding hydrogens is 346 g/mol. The van der Waals surface area contributed by atoms with Gasteiger partial charge in [0.15, 0.2) is 5.82 Å². The Bertz CT molecular complexity index is 807. The molecule has 0 aliphatic carbocycles. The van der Waals surface area contributed by atoms with Gasteiger partial charge in [0.25, 0.3) is 0 Å². The number of benzene rings is 1. The molecule has 0 spiro atoms. The Kier molecular flexibility index (Phi) is 5.45. The minimum absolute atomic E-state index is 0.152. The number of halogens is 1. The highest BCUT2D eigenvalue weighted by Gasteiger charge is 2.09. The van der Waals surface area contributed by atoms with Gasteiger partial charge in [-0.25, -0.2) is 0 Å². The lowest BCUT2D eigenvalue weighted by molar-refractivity contribution is -0.113. The van der Waals surface area contributed by atoms with Gasteiger partial charge in [-0.3, -0.25) is 20.2 Å². The smallest absolute Gasteiger partial charge is 0.249 e. The number of hydrogen-bond acceptors (Lipinski definition) is 5. The standard InChI is InChI=1S/C16H14ClN5OS/c17-12-6-4-11(5-7-12)9-24-10-14(23)19-16-20-15(21-22-16)13-3-1-2-8-18-13/h1-8H,9-10H2,(H2,19,20,21,22,23). The van der Waals surface area contributed by atoms with Crippen LogP contribution < -0.4 is 5.32 Å². The SMILES string of the molecule is O=C(CSCc1ccc(Cl)cc1)Nc1n[nH]c(-c2ccccn2)n1. The fourth-order valence-electron chi connectivity index (χ4n) is 1.94. The fraction of sp³-hybridized carbons (Fsp3) is 0.125. The van der Waals surface area contributed by atoms with Crippen LogP contribution in [0.5, 0.6) is 0 Å². The van der Waals surface area contributed by atoms with Gasteiger partial charge in [0.1, 0.15) is 5.69 Å². The first-order chi connectivity index (χ1) is 11.7. The third kappa shape index (κ3) is 4.56. The van der Waals surface area contributed by atoms with Gasteiger partial charge in [-0.1, -0.05) is 29.8 Å². The van der Waals surface area contributed by atoms with E-state index in [9.17, 15) is 4.79 Å². The quantitative estimate of drug-likeness (QED) is 0.704. The lowest BCUT2D eigenvalue weighted by atomic mass is 10.2. The fourth-order valence-corrected chi connectivity index (χ4v) is 2.85. The van der Waals surface area contributed by atoms with Crippen molar-refractivity contribution < 1.29 is 4.79 Å². The summed E-state index contributed by atoms with van der Waals surface area (Å²) in [7, 11) is 0. The van der Waals surface area contributed by atoms with Gasteiger partial charge in [-0.15, -0.1) is 16.9 Å². The summed E-state index contributed by atoms with van der Waals surface area (Å²) in [6.07, 6.45) is 1.67. The van der Waals surface area contributed by atoms with Gasteiger partial charge < -0.3 is 0 Å². The van der Waals surface area contributed by atoms with E-state index >= 15 is 0 Å². The highest BCUT2D eigenvalue weighted by molar-refractivity contribution is 7.99. The predicted molar refractivity (Wildman–Crippen MR) is 95.9 cm³/mol. The molecular formula is C16H14ClN5OS. The molecule has 3 rings (SSSR count). The molecule has 0 aliphatic rings. The van der Waals surface area contributed by atoms with Crippen LogP contribution in [0.2, 0.25) is 5.02 Å². The number of nitrogens with zero attached hydrogens (tertiary/aromatic N) is 3. The minimum atomic E-state index is -0.152. The summed E-state index contributed by atoms with van der Waals surface area (Å²) < 4.78 is 0. The van der Waals surface area contributed by atoms with Crippen LogP contribution in [-0.2, 0) is 10.5 Å². The number of thioether (sulfide) groups is 1. The predicted octanol–water partition coefficient (Wildman–Crippen LogP) is 3.39. The van der Waals surface area contributed by atoms with Crippen LogP contribution in [0.3, 0.4) is 0 Å². The molecule has 1 aromatic carbocycles. The Morgan fingerprint density at radius 3 is 2.79 bits per heavy atom. The molecule has 0 radical (unpaired) electrons. The van der Waals surface area contributed by atoms with Gasteiger partial charge in [-0.2, -0.15) is 4.98 Å². The first-order valence-electron chi connectivity index (χ1n) is 7.16. The summed E-state index contributed by atoms with van der Waals surface area (Å²) in [4.78, 5) is 20.3. The monoisotopic (exact) mass is 359 g/mol. The van der Waals surface area contributed by atoms with E-state index in [-0.39, 0.29) is 11.9 Å². The molecule has 0 saturated heterocycles. The van der Waals surface area contributed by atoms with E-state index in [1.54, 1.807) is 6.20 Å². The maximum absolute atomic E-state index is 11.9. The molecule has 3 aromatic rings. The largest absolute Gasteiger partial charge is 0.292 e. The molecule has 1 amide bonds. The van der Waals surface area contributed by atoms with Crippen LogP contribution in [0.1, 0.15) is 5.56 Å². The third-order valence-electron chi connectivity index (χ3n) is 3.06. The molecule has 2 heterocycles. The average Bonchev–Trinajstić information content (AvgIpc) is 3.06. The Morgan fingerprint density at radius 1 is 1.21 bits per heavy atom. The molecule has 0 saturated carbocycles. The van der Waals surface area contributed by atoms with Gasteiger partial charge in [-0.05, 0) is 29.8 Å². The van der Waals surface area contributed by atoms with Crippen molar-refractivity contribution in [3.8, 4) is 11.5 Å². The van der Waals surface area contributed by atoms with Crippen molar-refractivity contribution in [1.82, 2.24) is 20.2 Å². The van der Waals surface area contributed by atoms with Crippen LogP contribution in [0, 0.1) is 0 Å². The normalized spacial score (nSPS) is 10.5. The summed E-state index contributed by atoms with van der Waals surface area (Å²) in [5, 5.41) is 10.1. The molecule has 0 unspecified atom stereocenters. The summed E-state index contributed by atoms with van der Waals surface area (Å²) in [6, 6.07) is 13.1. The molecule has 24 heavy (non-hydrogen) atoms. The molecule has 2 aromatic heterocycles. The number of rotatable bonds is 6. The van der Waals surface area contributed by atoms with Crippen molar-refractivity contribution in [3.63, 3.8) is 0 Å². The third-order valence-corrected chi connectivity index (χ3v) is 4.32. The Labute approximate surface area is 148 Å². The van der Waals surface area contributed by atoms with Crippen molar-refractivity contribution in [2.75, 3.05) is 11.1 Å². The van der Waals surface area contributed by atoms with E-state index in [4.69, 9.17) is 11.6 Å². The number of carbonyl (C=O) groups excluding carboxylic acids is 1. The zero-order chi connectivity index (χ0) is 16.8. The summed E-state index contributed by atoms with van der Waals surface area (Å²) in [6.45, 7) is 0. The number of H-pyrrole nitrogens is 1. The van der Waals surface area contributed by atoms with E-state index < -0.39 is 0 Å². The van der Waals surface area contributed by atoms with Crippen molar-refractivity contribution in [2.45, 2.75) is 5.75 Å². The van der Waals surface area contributed by atoms with E-state index in [0.717, 1.165) is 11.3 Å². The van der Waals surface area contributed by atoms with Crippen molar-refractivity contribution in [3.05, 3.63) is 59.2 Å². The second kappa shape index (κ2) is 7.94. The van der Waals surface area contributed by atoms with Crippen LogP contribution in [0.25, 0.3) is 11.5 Å². The Balaban J connectivity index is 1.48. The molecule has 0 bridgehead atoms. The number of anilines is 1. The van der Waals surface area contributed by atoms with Crippen LogP contribution in [-0.4, -0.2) is 31.8 Å². The van der Waals surface area contributed by atoms with Crippen LogP contribution >= 0.6 is 23.4 Å². The van der Waals surface area contributed by atoms with Gasteiger partial charge in [0.05, 0.1) is 5.75 Å². The molecule has 0 aliphatic heterocycles. The molecule has 8 heteroatoms. The highest BCUT2D eigenvalue weighted by atomic mass is 35.5. The molecule has 6 nitrogen and oxygen atoms in total. The summed E-state index contributed by atoms with van der Waals surface area (Å²) >= 11 is 7.35. The number of amides is 1. The number of aromatic amines is 1. The summed E-state index contributed by atoms with van der Waals surface area (Å²) in [5.41, 5.74) is 1.79. The number of hydrogen-bond donors (Lipinski definition) is 2. The Hall–Kier alpha value is -2.38. The van der Waals surface area contributed by atoms with Gasteiger partial charge >= 0.3 is 0 Å². The second-order valence-electron chi connectivity index (χ2n) is 4.89.